The van der Waals surface area contributed by atoms with Gasteiger partial charge in [-0.15, -0.1) is 0 Å². The van der Waals surface area contributed by atoms with E-state index in [1.54, 1.807) is 24.3 Å². The lowest BCUT2D eigenvalue weighted by Crippen LogP contribution is -2.36. The number of imidazole rings is 1. The van der Waals surface area contributed by atoms with Crippen molar-refractivity contribution in [3.8, 4) is 17.8 Å². The van der Waals surface area contributed by atoms with E-state index in [0.717, 1.165) is 11.1 Å². The van der Waals surface area contributed by atoms with Gasteiger partial charge < -0.3 is 15.4 Å². The quantitative estimate of drug-likeness (QED) is 0.311. The third-order valence-corrected chi connectivity index (χ3v) is 6.56. The van der Waals surface area contributed by atoms with Gasteiger partial charge in [-0.25, -0.2) is 13.8 Å². The predicted molar refractivity (Wildman–Crippen MR) is 154 cm³/mol. The highest BCUT2D eigenvalue weighted by molar-refractivity contribution is 5.77. The van der Waals surface area contributed by atoms with Crippen LogP contribution in [0.1, 0.15) is 49.2 Å². The molecule has 2 aromatic carbocycles. The standard InChI is InChI=1S/C30H34F2N8O/c1-30(2,18-21-11-6-5-10-20(21)12-9-16-39(3)4)38-28-35-26(24-19-33-15-17-41-24)36-29(37-28)40-23-14-8-7-13-22(23)34-27(40)25(31)32/h5-8,10-11,13-14,24-25,33H,15-19H2,1-4H3,(H,35,36,37,38). The Morgan fingerprint density at radius 1 is 1.10 bits per heavy atom. The molecule has 3 heterocycles. The molecule has 4 aromatic rings. The number of halogens is 2. The van der Waals surface area contributed by atoms with Gasteiger partial charge in [0.25, 0.3) is 6.43 Å². The summed E-state index contributed by atoms with van der Waals surface area (Å²) in [6.07, 6.45) is -2.66. The molecule has 1 aliphatic heterocycles. The molecule has 0 aliphatic carbocycles. The average Bonchev–Trinajstić information content (AvgIpc) is 3.34. The number of ether oxygens (including phenoxy) is 1. The maximum absolute atomic E-state index is 14.2. The fourth-order valence-corrected chi connectivity index (χ4v) is 4.73. The summed E-state index contributed by atoms with van der Waals surface area (Å²) in [5.74, 6) is 6.73. The van der Waals surface area contributed by atoms with Crippen molar-refractivity contribution in [2.45, 2.75) is 38.3 Å². The minimum absolute atomic E-state index is 0.0569. The number of benzene rings is 2. The SMILES string of the molecule is CN(C)CC#Cc1ccccc1CC(C)(C)Nc1nc(C2CNCCO2)nc(-n2c(C(F)F)nc3ccccc32)n1. The van der Waals surface area contributed by atoms with Gasteiger partial charge in [-0.05, 0) is 58.1 Å². The predicted octanol–water partition coefficient (Wildman–Crippen LogP) is 4.16. The number of hydrogen-bond acceptors (Lipinski definition) is 8. The molecule has 2 N–H and O–H groups in total. The highest BCUT2D eigenvalue weighted by Crippen LogP contribution is 2.28. The van der Waals surface area contributed by atoms with Crippen LogP contribution in [0.4, 0.5) is 14.7 Å². The molecule has 0 radical (unpaired) electrons. The average molecular weight is 561 g/mol. The first-order valence-electron chi connectivity index (χ1n) is 13.5. The molecule has 0 saturated carbocycles. The number of morpholine rings is 1. The van der Waals surface area contributed by atoms with E-state index >= 15 is 0 Å². The second kappa shape index (κ2) is 12.3. The van der Waals surface area contributed by atoms with Crippen molar-refractivity contribution in [1.29, 1.82) is 0 Å². The van der Waals surface area contributed by atoms with Gasteiger partial charge in [0.15, 0.2) is 11.6 Å². The zero-order valence-corrected chi connectivity index (χ0v) is 23.7. The second-order valence-corrected chi connectivity index (χ2v) is 10.9. The topological polar surface area (TPSA) is 93.0 Å². The minimum atomic E-state index is -2.83. The number of alkyl halides is 2. The number of hydrogen-bond donors (Lipinski definition) is 2. The molecule has 9 nitrogen and oxygen atoms in total. The molecule has 41 heavy (non-hydrogen) atoms. The van der Waals surface area contributed by atoms with Gasteiger partial charge in [-0.1, -0.05) is 42.2 Å². The summed E-state index contributed by atoms with van der Waals surface area (Å²) in [6, 6.07) is 15.0. The summed E-state index contributed by atoms with van der Waals surface area (Å²) in [4.78, 5) is 20.1. The molecule has 0 spiro atoms. The van der Waals surface area contributed by atoms with Gasteiger partial charge in [0, 0.05) is 24.2 Å². The molecule has 1 unspecified atom stereocenters. The summed E-state index contributed by atoms with van der Waals surface area (Å²) < 4.78 is 35.6. The van der Waals surface area contributed by atoms with Crippen LogP contribution in [0.5, 0.6) is 0 Å². The molecule has 1 fully saturated rings. The van der Waals surface area contributed by atoms with E-state index in [4.69, 9.17) is 4.74 Å². The van der Waals surface area contributed by atoms with Gasteiger partial charge in [0.2, 0.25) is 11.9 Å². The van der Waals surface area contributed by atoms with Crippen molar-refractivity contribution in [3.63, 3.8) is 0 Å². The second-order valence-electron chi connectivity index (χ2n) is 10.9. The Labute approximate surface area is 238 Å². The van der Waals surface area contributed by atoms with E-state index in [0.29, 0.717) is 49.5 Å². The zero-order valence-electron chi connectivity index (χ0n) is 23.7. The number of para-hydroxylation sites is 2. The van der Waals surface area contributed by atoms with E-state index in [1.807, 2.05) is 51.0 Å². The maximum Gasteiger partial charge on any atom is 0.296 e. The largest absolute Gasteiger partial charge is 0.368 e. The molecule has 1 atom stereocenters. The fraction of sp³-hybridized carbons (Fsp3) is 0.400. The lowest BCUT2D eigenvalue weighted by molar-refractivity contribution is 0.0220. The number of aromatic nitrogens is 5. The van der Waals surface area contributed by atoms with Crippen LogP contribution in [-0.2, 0) is 11.2 Å². The Morgan fingerprint density at radius 3 is 2.63 bits per heavy atom. The van der Waals surface area contributed by atoms with Crippen molar-refractivity contribution < 1.29 is 13.5 Å². The monoisotopic (exact) mass is 560 g/mol. The third-order valence-electron chi connectivity index (χ3n) is 6.56. The first-order valence-corrected chi connectivity index (χ1v) is 13.5. The van der Waals surface area contributed by atoms with Crippen molar-refractivity contribution in [2.75, 3.05) is 45.7 Å². The minimum Gasteiger partial charge on any atom is -0.368 e. The first-order chi connectivity index (χ1) is 19.7. The van der Waals surface area contributed by atoms with Crippen LogP contribution < -0.4 is 10.6 Å². The fourth-order valence-electron chi connectivity index (χ4n) is 4.73. The third kappa shape index (κ3) is 6.85. The summed E-state index contributed by atoms with van der Waals surface area (Å²) in [6.45, 7) is 6.44. The summed E-state index contributed by atoms with van der Waals surface area (Å²) in [5, 5.41) is 6.71. The van der Waals surface area contributed by atoms with E-state index in [2.05, 4.69) is 48.5 Å². The normalized spacial score (nSPS) is 15.8. The smallest absolute Gasteiger partial charge is 0.296 e. The van der Waals surface area contributed by atoms with Gasteiger partial charge in [0.05, 0.1) is 24.2 Å². The molecule has 5 rings (SSSR count). The molecular weight excluding hydrogens is 526 g/mol. The van der Waals surface area contributed by atoms with Crippen LogP contribution in [0.3, 0.4) is 0 Å². The number of rotatable bonds is 8. The molecule has 1 saturated heterocycles. The van der Waals surface area contributed by atoms with Gasteiger partial charge in [0.1, 0.15) is 6.10 Å². The van der Waals surface area contributed by atoms with E-state index in [9.17, 15) is 8.78 Å². The molecule has 2 aromatic heterocycles. The van der Waals surface area contributed by atoms with Crippen molar-refractivity contribution in [2.24, 2.45) is 0 Å². The summed E-state index contributed by atoms with van der Waals surface area (Å²) in [7, 11) is 3.96. The summed E-state index contributed by atoms with van der Waals surface area (Å²) >= 11 is 0. The Morgan fingerprint density at radius 2 is 1.88 bits per heavy atom. The molecule has 0 bridgehead atoms. The van der Waals surface area contributed by atoms with Gasteiger partial charge in [-0.3, -0.25) is 9.47 Å². The highest BCUT2D eigenvalue weighted by Gasteiger charge is 2.27. The Kier molecular flexibility index (Phi) is 8.54. The Balaban J connectivity index is 1.53. The van der Waals surface area contributed by atoms with Gasteiger partial charge >= 0.3 is 0 Å². The number of anilines is 1. The molecular formula is C30H34F2N8O. The van der Waals surface area contributed by atoms with E-state index in [-0.39, 0.29) is 11.9 Å². The maximum atomic E-state index is 14.2. The number of nitrogens with zero attached hydrogens (tertiary/aromatic N) is 6. The first kappa shape index (κ1) is 28.5. The van der Waals surface area contributed by atoms with E-state index in [1.165, 1.54) is 4.57 Å². The van der Waals surface area contributed by atoms with Crippen LogP contribution in [0, 0.1) is 11.8 Å². The van der Waals surface area contributed by atoms with Crippen LogP contribution in [0.25, 0.3) is 17.0 Å². The van der Waals surface area contributed by atoms with Crippen LogP contribution in [0.2, 0.25) is 0 Å². The Bertz CT molecular complexity index is 1570. The lowest BCUT2D eigenvalue weighted by Gasteiger charge is -2.28. The van der Waals surface area contributed by atoms with Crippen molar-refractivity contribution in [1.82, 2.24) is 34.7 Å². The number of nitrogens with one attached hydrogen (secondary N) is 2. The highest BCUT2D eigenvalue weighted by atomic mass is 19.3. The van der Waals surface area contributed by atoms with Crippen LogP contribution in [0.15, 0.2) is 48.5 Å². The van der Waals surface area contributed by atoms with Gasteiger partial charge in [-0.2, -0.15) is 15.0 Å². The number of fused-ring (bicyclic) bond motifs is 1. The molecule has 0 amide bonds. The lowest BCUT2D eigenvalue weighted by atomic mass is 9.92. The van der Waals surface area contributed by atoms with Crippen LogP contribution in [-0.4, -0.2) is 75.3 Å². The summed E-state index contributed by atoms with van der Waals surface area (Å²) in [5.41, 5.74) is 2.42. The van der Waals surface area contributed by atoms with Crippen LogP contribution >= 0.6 is 0 Å². The Hall–Kier alpha value is -3.98. The molecule has 1 aliphatic rings. The van der Waals surface area contributed by atoms with Crippen molar-refractivity contribution in [3.05, 3.63) is 71.3 Å². The molecule has 214 valence electrons. The van der Waals surface area contributed by atoms with Crippen molar-refractivity contribution >= 4 is 17.0 Å². The molecule has 11 heteroatoms. The zero-order chi connectivity index (χ0) is 29.0. The van der Waals surface area contributed by atoms with E-state index < -0.39 is 23.9 Å².